The van der Waals surface area contributed by atoms with E-state index < -0.39 is 0 Å². The van der Waals surface area contributed by atoms with Crippen LogP contribution in [0.25, 0.3) is 22.2 Å². The first kappa shape index (κ1) is 14.2. The molecule has 0 aliphatic rings. The second-order valence-electron chi connectivity index (χ2n) is 4.98. The fourth-order valence-corrected chi connectivity index (χ4v) is 2.57. The Hall–Kier alpha value is -1.78. The van der Waals surface area contributed by atoms with Crippen LogP contribution in [0.15, 0.2) is 30.7 Å². The Kier molecular flexibility index (Phi) is 3.74. The highest BCUT2D eigenvalue weighted by Crippen LogP contribution is 2.30. The van der Waals surface area contributed by atoms with E-state index >= 15 is 0 Å². The van der Waals surface area contributed by atoms with Gasteiger partial charge in [-0.15, -0.1) is 0 Å². The lowest BCUT2D eigenvalue weighted by Gasteiger charge is -2.10. The maximum atomic E-state index is 6.17. The number of benzene rings is 1. The minimum atomic E-state index is 0.169. The fourth-order valence-electron chi connectivity index (χ4n) is 2.23. The third-order valence-electron chi connectivity index (χ3n) is 3.20. The number of nitrogens with zero attached hydrogens (tertiary/aromatic N) is 4. The van der Waals surface area contributed by atoms with E-state index in [1.54, 1.807) is 6.33 Å². The number of rotatable bonds is 2. The second kappa shape index (κ2) is 5.54. The average molecular weight is 319 g/mol. The summed E-state index contributed by atoms with van der Waals surface area (Å²) in [5.74, 6) is 0.301. The van der Waals surface area contributed by atoms with Gasteiger partial charge in [0.05, 0.1) is 28.1 Å². The molecule has 0 N–H and O–H groups in total. The quantitative estimate of drug-likeness (QED) is 0.652. The molecule has 0 saturated carbocycles. The normalized spacial score (nSPS) is 11.3. The zero-order valence-corrected chi connectivity index (χ0v) is 13.0. The second-order valence-corrected chi connectivity index (χ2v) is 5.73. The molecule has 6 heteroatoms. The summed E-state index contributed by atoms with van der Waals surface area (Å²) >= 11 is 12.0. The molecule has 3 aromatic rings. The molecule has 0 spiro atoms. The molecular weight excluding hydrogens is 307 g/mol. The zero-order chi connectivity index (χ0) is 15.0. The molecule has 0 aliphatic carbocycles. The Balaban J connectivity index is 2.25. The molecule has 0 amide bonds. The van der Waals surface area contributed by atoms with Gasteiger partial charge in [0.25, 0.3) is 0 Å². The minimum absolute atomic E-state index is 0.169. The van der Waals surface area contributed by atoms with Gasteiger partial charge in [-0.05, 0) is 29.7 Å². The first-order valence-corrected chi connectivity index (χ1v) is 7.25. The minimum Gasteiger partial charge on any atom is -0.240 e. The standard InChI is InChI=1S/C15H12Cl2N4/c1-8(2)13-10-5-9(3-4-12(10)19-7-20-13)14-11(16)6-18-15(17)21-14/h3-8H,1-2H3. The van der Waals surface area contributed by atoms with Crippen LogP contribution in [-0.4, -0.2) is 19.9 Å². The van der Waals surface area contributed by atoms with Gasteiger partial charge in [-0.1, -0.05) is 31.5 Å². The molecule has 0 atom stereocenters. The van der Waals surface area contributed by atoms with Crippen molar-refractivity contribution in [2.24, 2.45) is 0 Å². The van der Waals surface area contributed by atoms with Crippen LogP contribution in [0.5, 0.6) is 0 Å². The summed E-state index contributed by atoms with van der Waals surface area (Å²) in [5.41, 5.74) is 3.37. The molecule has 0 bridgehead atoms. The van der Waals surface area contributed by atoms with Gasteiger partial charge in [0, 0.05) is 10.9 Å². The van der Waals surface area contributed by atoms with E-state index in [0.29, 0.717) is 16.6 Å². The lowest BCUT2D eigenvalue weighted by molar-refractivity contribution is 0.828. The topological polar surface area (TPSA) is 51.6 Å². The van der Waals surface area contributed by atoms with Crippen LogP contribution in [0.2, 0.25) is 10.3 Å². The lowest BCUT2D eigenvalue weighted by atomic mass is 10.0. The predicted molar refractivity (Wildman–Crippen MR) is 84.7 cm³/mol. The molecule has 106 valence electrons. The average Bonchev–Trinajstić information content (AvgIpc) is 2.48. The van der Waals surface area contributed by atoms with Gasteiger partial charge in [0.2, 0.25) is 5.28 Å². The predicted octanol–water partition coefficient (Wildman–Crippen LogP) is 4.52. The summed E-state index contributed by atoms with van der Waals surface area (Å²) in [4.78, 5) is 16.8. The number of hydrogen-bond donors (Lipinski definition) is 0. The van der Waals surface area contributed by atoms with Crippen molar-refractivity contribution in [3.8, 4) is 11.3 Å². The molecule has 0 saturated heterocycles. The number of aromatic nitrogens is 4. The summed E-state index contributed by atoms with van der Waals surface area (Å²) < 4.78 is 0. The van der Waals surface area contributed by atoms with E-state index in [2.05, 4.69) is 33.8 Å². The summed E-state index contributed by atoms with van der Waals surface area (Å²) in [6.45, 7) is 4.20. The van der Waals surface area contributed by atoms with Crippen LogP contribution in [0.1, 0.15) is 25.5 Å². The van der Waals surface area contributed by atoms with Crippen molar-refractivity contribution in [3.05, 3.63) is 46.7 Å². The molecular formula is C15H12Cl2N4. The largest absolute Gasteiger partial charge is 0.240 e. The van der Waals surface area contributed by atoms with Gasteiger partial charge in [-0.2, -0.15) is 0 Å². The van der Waals surface area contributed by atoms with Gasteiger partial charge in [0.15, 0.2) is 0 Å². The van der Waals surface area contributed by atoms with Gasteiger partial charge < -0.3 is 0 Å². The first-order valence-electron chi connectivity index (χ1n) is 6.49. The monoisotopic (exact) mass is 318 g/mol. The highest BCUT2D eigenvalue weighted by molar-refractivity contribution is 6.33. The Labute approximate surface area is 132 Å². The Bertz CT molecular complexity index is 818. The van der Waals surface area contributed by atoms with E-state index in [0.717, 1.165) is 22.2 Å². The van der Waals surface area contributed by atoms with Crippen LogP contribution in [0.4, 0.5) is 0 Å². The molecule has 21 heavy (non-hydrogen) atoms. The summed E-state index contributed by atoms with van der Waals surface area (Å²) in [7, 11) is 0. The van der Waals surface area contributed by atoms with Crippen LogP contribution in [0.3, 0.4) is 0 Å². The smallest absolute Gasteiger partial charge is 0.222 e. The van der Waals surface area contributed by atoms with Crippen molar-refractivity contribution >= 4 is 34.1 Å². The van der Waals surface area contributed by atoms with Gasteiger partial charge >= 0.3 is 0 Å². The van der Waals surface area contributed by atoms with E-state index in [4.69, 9.17) is 23.2 Å². The lowest BCUT2D eigenvalue weighted by Crippen LogP contribution is -1.96. The van der Waals surface area contributed by atoms with Crippen LogP contribution in [-0.2, 0) is 0 Å². The molecule has 4 nitrogen and oxygen atoms in total. The number of hydrogen-bond acceptors (Lipinski definition) is 4. The third kappa shape index (κ3) is 2.69. The summed E-state index contributed by atoms with van der Waals surface area (Å²) in [5, 5.41) is 1.63. The highest BCUT2D eigenvalue weighted by atomic mass is 35.5. The Morgan fingerprint density at radius 2 is 1.86 bits per heavy atom. The van der Waals surface area contributed by atoms with E-state index in [-0.39, 0.29) is 5.28 Å². The highest BCUT2D eigenvalue weighted by Gasteiger charge is 2.12. The number of halogens is 2. The molecule has 3 rings (SSSR count). The summed E-state index contributed by atoms with van der Waals surface area (Å²) in [6, 6.07) is 5.85. The molecule has 0 fully saturated rings. The van der Waals surface area contributed by atoms with Crippen LogP contribution >= 0.6 is 23.2 Å². The van der Waals surface area contributed by atoms with E-state index in [1.165, 1.54) is 6.20 Å². The van der Waals surface area contributed by atoms with Crippen molar-refractivity contribution in [2.75, 3.05) is 0 Å². The fraction of sp³-hybridized carbons (Fsp3) is 0.200. The molecule has 0 aliphatic heterocycles. The molecule has 0 radical (unpaired) electrons. The Morgan fingerprint density at radius 3 is 2.62 bits per heavy atom. The molecule has 2 aromatic heterocycles. The molecule has 0 unspecified atom stereocenters. The zero-order valence-electron chi connectivity index (χ0n) is 11.5. The van der Waals surface area contributed by atoms with Gasteiger partial charge in [0.1, 0.15) is 6.33 Å². The van der Waals surface area contributed by atoms with Crippen molar-refractivity contribution in [1.82, 2.24) is 19.9 Å². The summed E-state index contributed by atoms with van der Waals surface area (Å²) in [6.07, 6.45) is 3.09. The first-order chi connectivity index (χ1) is 10.1. The van der Waals surface area contributed by atoms with E-state index in [1.807, 2.05) is 18.2 Å². The maximum Gasteiger partial charge on any atom is 0.222 e. The van der Waals surface area contributed by atoms with Crippen molar-refractivity contribution in [3.63, 3.8) is 0 Å². The van der Waals surface area contributed by atoms with Gasteiger partial charge in [-0.3, -0.25) is 0 Å². The van der Waals surface area contributed by atoms with Crippen molar-refractivity contribution in [2.45, 2.75) is 19.8 Å². The van der Waals surface area contributed by atoms with Crippen molar-refractivity contribution in [1.29, 1.82) is 0 Å². The SMILES string of the molecule is CC(C)c1ncnc2ccc(-c3nc(Cl)ncc3Cl)cc12. The van der Waals surface area contributed by atoms with E-state index in [9.17, 15) is 0 Å². The molecule has 1 aromatic carbocycles. The van der Waals surface area contributed by atoms with Crippen molar-refractivity contribution < 1.29 is 0 Å². The van der Waals surface area contributed by atoms with Gasteiger partial charge in [-0.25, -0.2) is 19.9 Å². The molecule has 2 heterocycles. The number of fused-ring (bicyclic) bond motifs is 1. The Morgan fingerprint density at radius 1 is 1.05 bits per heavy atom. The third-order valence-corrected chi connectivity index (χ3v) is 3.66. The van der Waals surface area contributed by atoms with Crippen LogP contribution < -0.4 is 0 Å². The van der Waals surface area contributed by atoms with Crippen LogP contribution in [0, 0.1) is 0 Å². The maximum absolute atomic E-state index is 6.17.